The van der Waals surface area contributed by atoms with Crippen molar-refractivity contribution < 1.29 is 8.42 Å². The van der Waals surface area contributed by atoms with Crippen LogP contribution < -0.4 is 21.3 Å². The Bertz CT molecular complexity index is 532. The van der Waals surface area contributed by atoms with E-state index in [9.17, 15) is 8.42 Å². The molecule has 0 aliphatic carbocycles. The molecule has 1 aliphatic rings. The quantitative estimate of drug-likeness (QED) is 0.547. The zero-order chi connectivity index (χ0) is 13.2. The zero-order valence-electron chi connectivity index (χ0n) is 9.46. The number of thiocarbonyl (C=S) groups is 1. The Balaban J connectivity index is 2.16. The average molecular weight is 286 g/mol. The van der Waals surface area contributed by atoms with Crippen LogP contribution in [-0.2, 0) is 10.0 Å². The van der Waals surface area contributed by atoms with Gasteiger partial charge in [-0.05, 0) is 12.1 Å². The average Bonchev–Trinajstić information content (AvgIpc) is 2.78. The van der Waals surface area contributed by atoms with Crippen LogP contribution >= 0.6 is 12.2 Å². The van der Waals surface area contributed by atoms with Gasteiger partial charge in [0.15, 0.2) is 0 Å². The van der Waals surface area contributed by atoms with E-state index in [0.717, 1.165) is 0 Å². The van der Waals surface area contributed by atoms with Gasteiger partial charge in [-0.2, -0.15) is 4.72 Å². The second kappa shape index (κ2) is 5.29. The lowest BCUT2D eigenvalue weighted by Gasteiger charge is -2.18. The number of hydrogen-bond acceptors (Lipinski definition) is 5. The predicted molar refractivity (Wildman–Crippen MR) is 72.0 cm³/mol. The third-order valence-corrected chi connectivity index (χ3v) is 4.44. The molecule has 1 aromatic carbocycles. The van der Waals surface area contributed by atoms with Crippen LogP contribution in [0.3, 0.4) is 0 Å². The van der Waals surface area contributed by atoms with Crippen molar-refractivity contribution in [3.8, 4) is 0 Å². The molecule has 0 amide bonds. The SMILES string of the molecule is NC(=S)C1CNNC1NS(=O)(=O)c1ccccc1. The van der Waals surface area contributed by atoms with Gasteiger partial charge < -0.3 is 5.73 Å². The normalized spacial score (nSPS) is 24.0. The van der Waals surface area contributed by atoms with Crippen molar-refractivity contribution >= 4 is 27.2 Å². The van der Waals surface area contributed by atoms with Crippen LogP contribution in [0.1, 0.15) is 0 Å². The Labute approximate surface area is 111 Å². The maximum Gasteiger partial charge on any atom is 0.241 e. The second-order valence-corrected chi connectivity index (χ2v) is 6.13. The van der Waals surface area contributed by atoms with Crippen LogP contribution in [0, 0.1) is 5.92 Å². The molecule has 1 saturated heterocycles. The van der Waals surface area contributed by atoms with Crippen molar-refractivity contribution in [1.29, 1.82) is 0 Å². The third kappa shape index (κ3) is 2.85. The van der Waals surface area contributed by atoms with Gasteiger partial charge in [0.25, 0.3) is 0 Å². The van der Waals surface area contributed by atoms with Crippen LogP contribution in [0.15, 0.2) is 35.2 Å². The van der Waals surface area contributed by atoms with Crippen LogP contribution in [0.4, 0.5) is 0 Å². The minimum atomic E-state index is -3.58. The maximum atomic E-state index is 12.1. The van der Waals surface area contributed by atoms with Gasteiger partial charge in [-0.1, -0.05) is 30.4 Å². The Kier molecular flexibility index (Phi) is 3.93. The summed E-state index contributed by atoms with van der Waals surface area (Å²) in [6.07, 6.45) is -0.535. The molecule has 8 heteroatoms. The first-order chi connectivity index (χ1) is 8.50. The number of sulfonamides is 1. The van der Waals surface area contributed by atoms with Gasteiger partial charge in [0.1, 0.15) is 0 Å². The summed E-state index contributed by atoms with van der Waals surface area (Å²) in [6.45, 7) is 0.497. The Hall–Kier alpha value is -1.06. The first kappa shape index (κ1) is 13.4. The fourth-order valence-corrected chi connectivity index (χ4v) is 3.14. The molecule has 2 atom stereocenters. The fraction of sp³-hybridized carbons (Fsp3) is 0.300. The molecule has 0 bridgehead atoms. The zero-order valence-corrected chi connectivity index (χ0v) is 11.1. The van der Waals surface area contributed by atoms with Crippen molar-refractivity contribution in [3.63, 3.8) is 0 Å². The molecule has 1 fully saturated rings. The van der Waals surface area contributed by atoms with Gasteiger partial charge in [-0.3, -0.25) is 5.43 Å². The van der Waals surface area contributed by atoms with Gasteiger partial charge >= 0.3 is 0 Å². The van der Waals surface area contributed by atoms with Gasteiger partial charge in [0.05, 0.1) is 22.0 Å². The highest BCUT2D eigenvalue weighted by molar-refractivity contribution is 7.89. The molecular formula is C10H14N4O2S2. The largest absolute Gasteiger partial charge is 0.393 e. The Morgan fingerprint density at radius 3 is 2.67 bits per heavy atom. The van der Waals surface area contributed by atoms with Gasteiger partial charge in [-0.15, -0.1) is 0 Å². The van der Waals surface area contributed by atoms with Crippen LogP contribution in [0.25, 0.3) is 0 Å². The van der Waals surface area contributed by atoms with Crippen LogP contribution in [0.2, 0.25) is 0 Å². The molecule has 0 aromatic heterocycles. The Morgan fingerprint density at radius 1 is 1.39 bits per heavy atom. The lowest BCUT2D eigenvalue weighted by molar-refractivity contribution is 0.484. The molecule has 0 radical (unpaired) electrons. The molecule has 6 nitrogen and oxygen atoms in total. The minimum absolute atomic E-state index is 0.209. The molecule has 2 rings (SSSR count). The first-order valence-electron chi connectivity index (χ1n) is 5.36. The Morgan fingerprint density at radius 2 is 2.06 bits per heavy atom. The summed E-state index contributed by atoms with van der Waals surface area (Å²) in [4.78, 5) is 0.480. The highest BCUT2D eigenvalue weighted by Crippen LogP contribution is 2.12. The highest BCUT2D eigenvalue weighted by Gasteiger charge is 2.32. The van der Waals surface area contributed by atoms with Crippen molar-refractivity contribution in [2.45, 2.75) is 11.1 Å². The van der Waals surface area contributed by atoms with Crippen molar-refractivity contribution in [2.75, 3.05) is 6.54 Å². The fourth-order valence-electron chi connectivity index (χ4n) is 1.71. The van der Waals surface area contributed by atoms with E-state index in [4.69, 9.17) is 18.0 Å². The predicted octanol–water partition coefficient (Wildman–Crippen LogP) is -0.699. The molecule has 0 spiro atoms. The van der Waals surface area contributed by atoms with E-state index < -0.39 is 16.2 Å². The van der Waals surface area contributed by atoms with Crippen LogP contribution in [0.5, 0.6) is 0 Å². The van der Waals surface area contributed by atoms with E-state index in [0.29, 0.717) is 6.54 Å². The van der Waals surface area contributed by atoms with E-state index in [1.54, 1.807) is 18.2 Å². The number of benzene rings is 1. The molecule has 1 aromatic rings. The van der Waals surface area contributed by atoms with Gasteiger partial charge in [0.2, 0.25) is 10.0 Å². The summed E-state index contributed by atoms with van der Waals surface area (Å²) >= 11 is 4.90. The molecular weight excluding hydrogens is 272 g/mol. The lowest BCUT2D eigenvalue weighted by Crippen LogP contribution is -2.49. The summed E-state index contributed by atoms with van der Waals surface area (Å²) < 4.78 is 26.7. The smallest absolute Gasteiger partial charge is 0.241 e. The summed E-state index contributed by atoms with van der Waals surface area (Å²) in [6, 6.07) is 8.15. The maximum absolute atomic E-state index is 12.1. The number of hydrazine groups is 1. The standard InChI is InChI=1S/C10H14N4O2S2/c11-9(17)8-6-12-13-10(8)14-18(15,16)7-4-2-1-3-5-7/h1-5,8,10,12-14H,6H2,(H2,11,17). The first-order valence-corrected chi connectivity index (χ1v) is 7.25. The van der Waals surface area contributed by atoms with Crippen molar-refractivity contribution in [1.82, 2.24) is 15.6 Å². The second-order valence-electron chi connectivity index (χ2n) is 3.95. The monoisotopic (exact) mass is 286 g/mol. The molecule has 98 valence electrons. The molecule has 5 N–H and O–H groups in total. The van der Waals surface area contributed by atoms with Crippen LogP contribution in [-0.4, -0.2) is 26.1 Å². The summed E-state index contributed by atoms with van der Waals surface area (Å²) in [5, 5.41) is 0. The van der Waals surface area contributed by atoms with Crippen molar-refractivity contribution in [3.05, 3.63) is 30.3 Å². The highest BCUT2D eigenvalue weighted by atomic mass is 32.2. The molecule has 0 saturated carbocycles. The van der Waals surface area contributed by atoms with Gasteiger partial charge in [-0.25, -0.2) is 13.8 Å². The molecule has 1 heterocycles. The number of rotatable bonds is 4. The number of hydrogen-bond donors (Lipinski definition) is 4. The van der Waals surface area contributed by atoms with E-state index in [2.05, 4.69) is 15.6 Å². The minimum Gasteiger partial charge on any atom is -0.393 e. The van der Waals surface area contributed by atoms with E-state index in [1.807, 2.05) is 0 Å². The van der Waals surface area contributed by atoms with Gasteiger partial charge in [0, 0.05) is 6.54 Å². The lowest BCUT2D eigenvalue weighted by atomic mass is 10.1. The molecule has 2 unspecified atom stereocenters. The number of nitrogens with two attached hydrogens (primary N) is 1. The van der Waals surface area contributed by atoms with E-state index in [-0.39, 0.29) is 15.8 Å². The third-order valence-electron chi connectivity index (χ3n) is 2.68. The van der Waals surface area contributed by atoms with E-state index >= 15 is 0 Å². The summed E-state index contributed by atoms with van der Waals surface area (Å²) in [5.41, 5.74) is 11.2. The number of nitrogens with one attached hydrogen (secondary N) is 3. The molecule has 18 heavy (non-hydrogen) atoms. The summed E-state index contributed by atoms with van der Waals surface area (Å²) in [7, 11) is -3.58. The molecule has 1 aliphatic heterocycles. The summed E-state index contributed by atoms with van der Waals surface area (Å²) in [5.74, 6) is -0.251. The van der Waals surface area contributed by atoms with Crippen molar-refractivity contribution in [2.24, 2.45) is 11.7 Å². The topological polar surface area (TPSA) is 96.2 Å². The van der Waals surface area contributed by atoms with E-state index in [1.165, 1.54) is 12.1 Å².